The first-order valence-corrected chi connectivity index (χ1v) is 9.24. The van der Waals surface area contributed by atoms with E-state index in [1.807, 2.05) is 6.08 Å². The molecule has 0 amide bonds. The highest BCUT2D eigenvalue weighted by Crippen LogP contribution is 2.56. The number of fused-ring (bicyclic) bond motifs is 2. The van der Waals surface area contributed by atoms with Crippen LogP contribution in [0.25, 0.3) is 5.76 Å². The van der Waals surface area contributed by atoms with Crippen LogP contribution in [-0.4, -0.2) is 25.2 Å². The second-order valence-electron chi connectivity index (χ2n) is 8.03. The second-order valence-corrected chi connectivity index (χ2v) is 8.03. The van der Waals surface area contributed by atoms with Crippen molar-refractivity contribution in [2.24, 2.45) is 10.9 Å². The van der Waals surface area contributed by atoms with Crippen molar-refractivity contribution in [3.05, 3.63) is 53.6 Å². The van der Waals surface area contributed by atoms with Crippen molar-refractivity contribution in [2.75, 3.05) is 13.7 Å². The van der Waals surface area contributed by atoms with E-state index in [-0.39, 0.29) is 11.0 Å². The van der Waals surface area contributed by atoms with Gasteiger partial charge < -0.3 is 9.47 Å². The molecule has 3 heteroatoms. The topological polar surface area (TPSA) is 30.8 Å². The van der Waals surface area contributed by atoms with Crippen LogP contribution in [0.3, 0.4) is 0 Å². The molecule has 1 aromatic carbocycles. The summed E-state index contributed by atoms with van der Waals surface area (Å²) in [4.78, 5) is 5.03. The summed E-state index contributed by atoms with van der Waals surface area (Å²) in [6.45, 7) is 9.00. The molecule has 1 heterocycles. The minimum atomic E-state index is -0.250. The van der Waals surface area contributed by atoms with Gasteiger partial charge in [-0.3, -0.25) is 0 Å². The smallest absolute Gasteiger partial charge is 0.195 e. The Morgan fingerprint density at radius 1 is 1.36 bits per heavy atom. The third kappa shape index (κ3) is 2.28. The predicted molar refractivity (Wildman–Crippen MR) is 102 cm³/mol. The molecule has 25 heavy (non-hydrogen) atoms. The minimum absolute atomic E-state index is 0.164. The number of aliphatic imine (C=N–C) groups is 1. The Hall–Kier alpha value is -2.03. The number of ether oxygens (including phenoxy) is 2. The van der Waals surface area contributed by atoms with E-state index in [4.69, 9.17) is 14.5 Å². The average Bonchev–Trinajstić information content (AvgIpc) is 3.22. The molecule has 1 saturated carbocycles. The molecular weight excluding hydrogens is 310 g/mol. The van der Waals surface area contributed by atoms with Gasteiger partial charge in [-0.2, -0.15) is 0 Å². The Kier molecular flexibility index (Phi) is 3.78. The number of nitrogens with zero attached hydrogens (tertiary/aromatic N) is 1. The van der Waals surface area contributed by atoms with Crippen molar-refractivity contribution in [3.63, 3.8) is 0 Å². The normalized spacial score (nSPS) is 29.6. The molecule has 3 nitrogen and oxygen atoms in total. The van der Waals surface area contributed by atoms with E-state index in [9.17, 15) is 0 Å². The highest BCUT2D eigenvalue weighted by Gasteiger charge is 2.55. The highest BCUT2D eigenvalue weighted by atomic mass is 16.5. The van der Waals surface area contributed by atoms with E-state index >= 15 is 0 Å². The van der Waals surface area contributed by atoms with Gasteiger partial charge >= 0.3 is 0 Å². The van der Waals surface area contributed by atoms with Crippen LogP contribution < -0.4 is 0 Å². The van der Waals surface area contributed by atoms with Crippen molar-refractivity contribution >= 4 is 11.7 Å². The van der Waals surface area contributed by atoms with Gasteiger partial charge in [-0.1, -0.05) is 30.3 Å². The molecule has 0 aromatic heterocycles. The van der Waals surface area contributed by atoms with Crippen LogP contribution in [0.1, 0.15) is 50.7 Å². The van der Waals surface area contributed by atoms with Gasteiger partial charge in [0.1, 0.15) is 12.4 Å². The molecule has 1 fully saturated rings. The Balaban J connectivity index is 2.01. The van der Waals surface area contributed by atoms with Crippen molar-refractivity contribution < 1.29 is 9.47 Å². The average molecular weight is 337 g/mol. The molecule has 0 radical (unpaired) electrons. The van der Waals surface area contributed by atoms with Gasteiger partial charge in [0.15, 0.2) is 5.90 Å². The molecule has 2 aliphatic carbocycles. The van der Waals surface area contributed by atoms with Gasteiger partial charge in [-0.15, -0.1) is 6.58 Å². The number of hydrogen-bond acceptors (Lipinski definition) is 3. The Morgan fingerprint density at radius 3 is 2.84 bits per heavy atom. The van der Waals surface area contributed by atoms with Gasteiger partial charge in [0, 0.05) is 11.5 Å². The van der Waals surface area contributed by atoms with Gasteiger partial charge in [-0.05, 0) is 50.7 Å². The van der Waals surface area contributed by atoms with Gasteiger partial charge in [0.2, 0.25) is 0 Å². The van der Waals surface area contributed by atoms with E-state index in [2.05, 4.69) is 44.7 Å². The summed E-state index contributed by atoms with van der Waals surface area (Å²) in [5.74, 6) is 2.34. The molecule has 0 unspecified atom stereocenters. The van der Waals surface area contributed by atoms with Crippen LogP contribution in [0, 0.1) is 5.92 Å². The standard InChI is InChI=1S/C22H27NO2/c1-5-13-22(20-23-21(2,3)14-25-20)17-11-7-6-9-15(17)19(24-4)16-10-8-12-18(16)22/h5-7,9,11,18H,1,8,10,12-14H2,2-4H3/t18-,22-/m0/s1. The summed E-state index contributed by atoms with van der Waals surface area (Å²) in [7, 11) is 1.79. The Bertz CT molecular complexity index is 774. The summed E-state index contributed by atoms with van der Waals surface area (Å²) < 4.78 is 12.1. The SMILES string of the molecule is C=CC[C@]1(C2=NC(C)(C)CO2)c2ccccc2C(OC)=C2CCC[C@@H]21. The van der Waals surface area contributed by atoms with E-state index in [0.717, 1.165) is 30.9 Å². The minimum Gasteiger partial charge on any atom is -0.496 e. The first-order valence-electron chi connectivity index (χ1n) is 9.24. The third-order valence-corrected chi connectivity index (χ3v) is 5.92. The first kappa shape index (κ1) is 16.4. The van der Waals surface area contributed by atoms with E-state index in [1.54, 1.807) is 7.11 Å². The molecule has 2 atom stereocenters. The van der Waals surface area contributed by atoms with Crippen molar-refractivity contribution in [3.8, 4) is 0 Å². The maximum absolute atomic E-state index is 6.24. The second kappa shape index (κ2) is 5.76. The molecule has 0 N–H and O–H groups in total. The molecule has 0 bridgehead atoms. The van der Waals surface area contributed by atoms with Gasteiger partial charge in [0.25, 0.3) is 0 Å². The van der Waals surface area contributed by atoms with Gasteiger partial charge in [-0.25, -0.2) is 4.99 Å². The molecule has 1 aliphatic heterocycles. The quantitative estimate of drug-likeness (QED) is 0.733. The summed E-state index contributed by atoms with van der Waals surface area (Å²) in [5.41, 5.74) is 3.48. The molecule has 3 aliphatic rings. The summed E-state index contributed by atoms with van der Waals surface area (Å²) in [6.07, 6.45) is 6.30. The number of rotatable bonds is 4. The van der Waals surface area contributed by atoms with Crippen molar-refractivity contribution in [1.82, 2.24) is 0 Å². The lowest BCUT2D eigenvalue weighted by Gasteiger charge is -2.43. The number of hydrogen-bond donors (Lipinski definition) is 0. The van der Waals surface area contributed by atoms with Crippen molar-refractivity contribution in [1.29, 1.82) is 0 Å². The van der Waals surface area contributed by atoms with Crippen LogP contribution in [0.15, 0.2) is 47.5 Å². The fourth-order valence-electron chi connectivity index (χ4n) is 4.98. The summed E-state index contributed by atoms with van der Waals surface area (Å²) >= 11 is 0. The van der Waals surface area contributed by atoms with Crippen LogP contribution >= 0.6 is 0 Å². The fourth-order valence-corrected chi connectivity index (χ4v) is 4.98. The lowest BCUT2D eigenvalue weighted by Crippen LogP contribution is -2.45. The largest absolute Gasteiger partial charge is 0.496 e. The van der Waals surface area contributed by atoms with Crippen LogP contribution in [0.5, 0.6) is 0 Å². The third-order valence-electron chi connectivity index (χ3n) is 5.92. The van der Waals surface area contributed by atoms with Crippen LogP contribution in [0.4, 0.5) is 0 Å². The fraction of sp³-hybridized carbons (Fsp3) is 0.500. The van der Waals surface area contributed by atoms with Crippen LogP contribution in [0.2, 0.25) is 0 Å². The molecule has 1 aromatic rings. The summed E-state index contributed by atoms with van der Waals surface area (Å²) in [6, 6.07) is 8.61. The van der Waals surface area contributed by atoms with Crippen molar-refractivity contribution in [2.45, 2.75) is 50.5 Å². The van der Waals surface area contributed by atoms with Crippen LogP contribution in [-0.2, 0) is 14.9 Å². The predicted octanol–water partition coefficient (Wildman–Crippen LogP) is 4.88. The Labute approximate surface area is 150 Å². The maximum atomic E-state index is 6.24. The lowest BCUT2D eigenvalue weighted by atomic mass is 9.61. The zero-order valence-corrected chi connectivity index (χ0v) is 15.5. The molecule has 0 spiro atoms. The number of benzene rings is 1. The highest BCUT2D eigenvalue weighted by molar-refractivity contribution is 5.94. The van der Waals surface area contributed by atoms with Gasteiger partial charge in [0.05, 0.1) is 18.1 Å². The molecule has 0 saturated heterocycles. The number of methoxy groups -OCH3 is 1. The number of allylic oxidation sites excluding steroid dienone is 2. The lowest BCUT2D eigenvalue weighted by molar-refractivity contribution is 0.240. The molecular formula is C22H27NO2. The first-order chi connectivity index (χ1) is 12.0. The molecule has 4 rings (SSSR count). The Morgan fingerprint density at radius 2 is 2.16 bits per heavy atom. The molecule has 132 valence electrons. The monoisotopic (exact) mass is 337 g/mol. The van der Waals surface area contributed by atoms with E-state index in [0.29, 0.717) is 12.5 Å². The summed E-state index contributed by atoms with van der Waals surface area (Å²) in [5, 5.41) is 0. The maximum Gasteiger partial charge on any atom is 0.195 e. The van der Waals surface area contributed by atoms with E-state index < -0.39 is 0 Å². The zero-order valence-electron chi connectivity index (χ0n) is 15.5. The van der Waals surface area contributed by atoms with E-state index in [1.165, 1.54) is 23.1 Å². The zero-order chi connectivity index (χ0) is 17.7.